The molecular weight excluding hydrogens is 318 g/mol. The maximum absolute atomic E-state index is 12.2. The summed E-state index contributed by atoms with van der Waals surface area (Å²) in [6.07, 6.45) is 0. The fourth-order valence-corrected chi connectivity index (χ4v) is 3.09. The molecule has 0 aromatic heterocycles. The van der Waals surface area contributed by atoms with Gasteiger partial charge in [-0.2, -0.15) is 0 Å². The molecule has 8 nitrogen and oxygen atoms in total. The minimum atomic E-state index is -0.941. The van der Waals surface area contributed by atoms with Crippen molar-refractivity contribution in [3.8, 4) is 23.0 Å². The minimum absolute atomic E-state index is 0.0503. The predicted molar refractivity (Wildman–Crippen MR) is 81.5 cm³/mol. The van der Waals surface area contributed by atoms with E-state index >= 15 is 0 Å². The molecule has 2 atom stereocenters. The fraction of sp³-hybridized carbons (Fsp3) is 0.500. The van der Waals surface area contributed by atoms with Crippen LogP contribution in [-0.4, -0.2) is 46.0 Å². The first kappa shape index (κ1) is 16.2. The van der Waals surface area contributed by atoms with Gasteiger partial charge in [0.05, 0.1) is 20.8 Å². The second-order valence-corrected chi connectivity index (χ2v) is 5.35. The van der Waals surface area contributed by atoms with E-state index in [1.54, 1.807) is 13.0 Å². The molecule has 1 fully saturated rings. The molecule has 0 aliphatic carbocycles. The number of ether oxygens (including phenoxy) is 5. The van der Waals surface area contributed by atoms with Crippen molar-refractivity contribution in [1.82, 2.24) is 5.32 Å². The highest BCUT2D eigenvalue weighted by Crippen LogP contribution is 2.52. The van der Waals surface area contributed by atoms with Crippen molar-refractivity contribution in [1.29, 1.82) is 0 Å². The van der Waals surface area contributed by atoms with E-state index < -0.39 is 17.8 Å². The van der Waals surface area contributed by atoms with E-state index in [-0.39, 0.29) is 19.3 Å². The largest absolute Gasteiger partial charge is 0.493 e. The topological polar surface area (TPSA) is 92.3 Å². The Bertz CT molecular complexity index is 673. The van der Waals surface area contributed by atoms with E-state index in [1.165, 1.54) is 14.2 Å². The van der Waals surface area contributed by atoms with Crippen molar-refractivity contribution < 1.29 is 33.3 Å². The molecule has 1 N–H and O–H groups in total. The van der Waals surface area contributed by atoms with Crippen molar-refractivity contribution >= 4 is 11.9 Å². The Morgan fingerprint density at radius 2 is 2.04 bits per heavy atom. The summed E-state index contributed by atoms with van der Waals surface area (Å²) in [6.45, 7) is 2.25. The van der Waals surface area contributed by atoms with Crippen LogP contribution in [0.5, 0.6) is 23.0 Å². The van der Waals surface area contributed by atoms with Crippen LogP contribution in [-0.2, 0) is 14.3 Å². The van der Waals surface area contributed by atoms with Gasteiger partial charge in [0.2, 0.25) is 24.2 Å². The first-order valence-electron chi connectivity index (χ1n) is 7.61. The Morgan fingerprint density at radius 1 is 1.29 bits per heavy atom. The lowest BCUT2D eigenvalue weighted by molar-refractivity contribution is -0.151. The molecule has 130 valence electrons. The summed E-state index contributed by atoms with van der Waals surface area (Å²) in [5, 5.41) is 2.71. The molecule has 1 amide bonds. The number of hydrogen-bond acceptors (Lipinski definition) is 7. The van der Waals surface area contributed by atoms with E-state index in [0.29, 0.717) is 35.1 Å². The van der Waals surface area contributed by atoms with Gasteiger partial charge >= 0.3 is 5.97 Å². The molecule has 3 rings (SSSR count). The summed E-state index contributed by atoms with van der Waals surface area (Å²) in [4.78, 5) is 24.3. The monoisotopic (exact) mass is 337 g/mol. The van der Waals surface area contributed by atoms with E-state index in [0.717, 1.165) is 0 Å². The van der Waals surface area contributed by atoms with Crippen LogP contribution >= 0.6 is 0 Å². The first-order chi connectivity index (χ1) is 11.6. The van der Waals surface area contributed by atoms with Crippen LogP contribution in [0.1, 0.15) is 18.4 Å². The number of amides is 1. The molecule has 0 radical (unpaired) electrons. The van der Waals surface area contributed by atoms with E-state index in [1.807, 2.05) is 0 Å². The number of carbonyl (C=O) groups excluding carboxylic acids is 2. The molecule has 1 saturated heterocycles. The number of methoxy groups -OCH3 is 2. The third kappa shape index (κ3) is 2.47. The molecule has 0 spiro atoms. The molecular formula is C16H19NO7. The third-order valence-corrected chi connectivity index (χ3v) is 4.14. The van der Waals surface area contributed by atoms with Gasteiger partial charge in [-0.05, 0) is 13.0 Å². The zero-order valence-corrected chi connectivity index (χ0v) is 13.7. The number of rotatable bonds is 5. The lowest BCUT2D eigenvalue weighted by Crippen LogP contribution is -2.29. The van der Waals surface area contributed by atoms with Gasteiger partial charge in [-0.25, -0.2) is 0 Å². The van der Waals surface area contributed by atoms with Crippen LogP contribution in [0.15, 0.2) is 6.07 Å². The maximum atomic E-state index is 12.2. The molecule has 2 aliphatic heterocycles. The summed E-state index contributed by atoms with van der Waals surface area (Å²) in [6, 6.07) is 1.71. The zero-order valence-electron chi connectivity index (χ0n) is 13.7. The van der Waals surface area contributed by atoms with Crippen molar-refractivity contribution in [3.63, 3.8) is 0 Å². The van der Waals surface area contributed by atoms with Gasteiger partial charge in [-0.3, -0.25) is 9.59 Å². The minimum Gasteiger partial charge on any atom is -0.493 e. The quantitative estimate of drug-likeness (QED) is 0.628. The maximum Gasteiger partial charge on any atom is 0.319 e. The number of benzene rings is 1. The van der Waals surface area contributed by atoms with Crippen molar-refractivity contribution in [2.45, 2.75) is 12.8 Å². The van der Waals surface area contributed by atoms with Gasteiger partial charge in [-0.1, -0.05) is 0 Å². The zero-order chi connectivity index (χ0) is 17.3. The van der Waals surface area contributed by atoms with Crippen LogP contribution in [0.2, 0.25) is 0 Å². The van der Waals surface area contributed by atoms with E-state index in [4.69, 9.17) is 23.7 Å². The number of esters is 1. The third-order valence-electron chi connectivity index (χ3n) is 4.14. The molecule has 0 saturated carbocycles. The van der Waals surface area contributed by atoms with Crippen molar-refractivity contribution in [2.24, 2.45) is 5.92 Å². The smallest absolute Gasteiger partial charge is 0.319 e. The Hall–Kier alpha value is -2.64. The molecule has 2 aliphatic rings. The van der Waals surface area contributed by atoms with Crippen LogP contribution < -0.4 is 24.3 Å². The summed E-state index contributed by atoms with van der Waals surface area (Å²) in [5.41, 5.74) is 0.634. The van der Waals surface area contributed by atoms with Crippen molar-refractivity contribution in [3.05, 3.63) is 11.6 Å². The van der Waals surface area contributed by atoms with Crippen LogP contribution in [0.25, 0.3) is 0 Å². The van der Waals surface area contributed by atoms with Crippen LogP contribution in [0.4, 0.5) is 0 Å². The highest BCUT2D eigenvalue weighted by molar-refractivity contribution is 6.01. The molecule has 1 aromatic rings. The SMILES string of the molecule is CCOC(=O)[C@H]1C(=O)NC[C@H]1c1cc(OC)c2c(c1OC)OCO2. The number of carbonyl (C=O) groups is 2. The highest BCUT2D eigenvalue weighted by atomic mass is 16.7. The number of fused-ring (bicyclic) bond motifs is 1. The molecule has 2 heterocycles. The van der Waals surface area contributed by atoms with Crippen LogP contribution in [0.3, 0.4) is 0 Å². The van der Waals surface area contributed by atoms with Crippen molar-refractivity contribution in [2.75, 3.05) is 34.2 Å². The molecule has 0 unspecified atom stereocenters. The summed E-state index contributed by atoms with van der Waals surface area (Å²) in [5.74, 6) is -0.566. The van der Waals surface area contributed by atoms with Gasteiger partial charge in [0.1, 0.15) is 5.92 Å². The lowest BCUT2D eigenvalue weighted by atomic mass is 9.87. The first-order valence-corrected chi connectivity index (χ1v) is 7.61. The molecule has 8 heteroatoms. The normalized spacial score (nSPS) is 21.4. The molecule has 0 bridgehead atoms. The Morgan fingerprint density at radius 3 is 2.71 bits per heavy atom. The average molecular weight is 337 g/mol. The lowest BCUT2D eigenvalue weighted by Gasteiger charge is -2.20. The Labute approximate surface area is 139 Å². The van der Waals surface area contributed by atoms with Gasteiger partial charge in [-0.15, -0.1) is 0 Å². The Kier molecular flexibility index (Phi) is 4.37. The van der Waals surface area contributed by atoms with E-state index in [2.05, 4.69) is 5.32 Å². The van der Waals surface area contributed by atoms with Gasteiger partial charge in [0.15, 0.2) is 11.5 Å². The van der Waals surface area contributed by atoms with Gasteiger partial charge in [0, 0.05) is 18.0 Å². The molecule has 24 heavy (non-hydrogen) atoms. The number of hydrogen-bond donors (Lipinski definition) is 1. The summed E-state index contributed by atoms with van der Waals surface area (Å²) < 4.78 is 26.8. The summed E-state index contributed by atoms with van der Waals surface area (Å²) in [7, 11) is 3.01. The number of nitrogens with one attached hydrogen (secondary N) is 1. The summed E-state index contributed by atoms with van der Waals surface area (Å²) >= 11 is 0. The second kappa shape index (κ2) is 6.46. The Balaban J connectivity index is 2.08. The fourth-order valence-electron chi connectivity index (χ4n) is 3.09. The average Bonchev–Trinajstić information content (AvgIpc) is 3.20. The van der Waals surface area contributed by atoms with Crippen LogP contribution in [0, 0.1) is 5.92 Å². The highest BCUT2D eigenvalue weighted by Gasteiger charge is 2.45. The standard InChI is InChI=1S/C16H19NO7/c1-4-22-16(19)11-9(6-17-15(11)18)8-5-10(20-2)13-14(12(8)21-3)24-7-23-13/h5,9,11H,4,6-7H2,1-3H3,(H,17,18)/t9-,11+/m0/s1. The predicted octanol–water partition coefficient (Wildman–Crippen LogP) is 0.825. The van der Waals surface area contributed by atoms with E-state index in [9.17, 15) is 9.59 Å². The molecule has 1 aromatic carbocycles. The van der Waals surface area contributed by atoms with Gasteiger partial charge in [0.25, 0.3) is 0 Å². The van der Waals surface area contributed by atoms with Gasteiger partial charge < -0.3 is 29.0 Å². The second-order valence-electron chi connectivity index (χ2n) is 5.35.